The van der Waals surface area contributed by atoms with Crippen molar-refractivity contribution in [3.05, 3.63) is 65.0 Å². The van der Waals surface area contributed by atoms with Crippen LogP contribution >= 0.6 is 0 Å². The topological polar surface area (TPSA) is 29.5 Å². The van der Waals surface area contributed by atoms with Crippen molar-refractivity contribution >= 4 is 0 Å². The highest BCUT2D eigenvalue weighted by molar-refractivity contribution is 5.37. The maximum absolute atomic E-state index is 13.0. The van der Waals surface area contributed by atoms with Gasteiger partial charge in [0, 0.05) is 12.0 Å². The van der Waals surface area contributed by atoms with E-state index in [1.165, 1.54) is 12.1 Å². The smallest absolute Gasteiger partial charge is 0.123 e. The lowest BCUT2D eigenvalue weighted by atomic mass is 10.1. The van der Waals surface area contributed by atoms with Gasteiger partial charge in [0.2, 0.25) is 0 Å². The van der Waals surface area contributed by atoms with Gasteiger partial charge in [-0.1, -0.05) is 24.0 Å². The average molecular weight is 284 g/mol. The van der Waals surface area contributed by atoms with E-state index >= 15 is 0 Å². The van der Waals surface area contributed by atoms with E-state index in [0.29, 0.717) is 18.8 Å². The molecule has 0 spiro atoms. The van der Waals surface area contributed by atoms with E-state index < -0.39 is 0 Å². The summed E-state index contributed by atoms with van der Waals surface area (Å²) in [6, 6.07) is 12.2. The van der Waals surface area contributed by atoms with E-state index in [9.17, 15) is 4.39 Å². The third-order valence-corrected chi connectivity index (χ3v) is 2.93. The Hall–Kier alpha value is -2.31. The van der Waals surface area contributed by atoms with E-state index in [4.69, 9.17) is 9.84 Å². The molecule has 108 valence electrons. The molecule has 0 heterocycles. The molecule has 0 bridgehead atoms. The summed E-state index contributed by atoms with van der Waals surface area (Å²) in [7, 11) is 0. The first-order chi connectivity index (χ1) is 10.2. The van der Waals surface area contributed by atoms with Gasteiger partial charge in [-0.15, -0.1) is 0 Å². The fraction of sp³-hybridized carbons (Fsp3) is 0.222. The number of ether oxygens (including phenoxy) is 1. The molecule has 2 rings (SSSR count). The van der Waals surface area contributed by atoms with Gasteiger partial charge in [0.1, 0.15) is 18.2 Å². The number of aryl methyl sites for hydroxylation is 1. The van der Waals surface area contributed by atoms with Crippen LogP contribution < -0.4 is 4.74 Å². The maximum atomic E-state index is 13.0. The Bertz CT molecular complexity index is 668. The molecule has 0 fully saturated rings. The fourth-order valence-corrected chi connectivity index (χ4v) is 1.90. The molecule has 0 aliphatic carbocycles. The molecule has 0 saturated heterocycles. The van der Waals surface area contributed by atoms with Crippen molar-refractivity contribution in [1.29, 1.82) is 0 Å². The first-order valence-electron chi connectivity index (χ1n) is 6.76. The zero-order chi connectivity index (χ0) is 15.1. The van der Waals surface area contributed by atoms with Crippen LogP contribution in [0, 0.1) is 24.6 Å². The quantitative estimate of drug-likeness (QED) is 0.871. The number of hydrogen-bond donors (Lipinski definition) is 1. The normalized spacial score (nSPS) is 9.86. The summed E-state index contributed by atoms with van der Waals surface area (Å²) in [5.41, 5.74) is 2.66. The number of benzene rings is 2. The molecule has 0 aliphatic rings. The minimum Gasteiger partial charge on any atom is -0.489 e. The Labute approximate surface area is 124 Å². The van der Waals surface area contributed by atoms with Crippen LogP contribution in [0.3, 0.4) is 0 Å². The number of hydrogen-bond acceptors (Lipinski definition) is 2. The molecular weight excluding hydrogens is 267 g/mol. The van der Waals surface area contributed by atoms with Gasteiger partial charge in [-0.2, -0.15) is 0 Å². The molecule has 2 aromatic rings. The molecule has 0 aliphatic heterocycles. The first-order valence-corrected chi connectivity index (χ1v) is 6.76. The van der Waals surface area contributed by atoms with E-state index in [-0.39, 0.29) is 12.4 Å². The van der Waals surface area contributed by atoms with Gasteiger partial charge in [0.25, 0.3) is 0 Å². The SMILES string of the molecule is Cc1cc(F)ccc1OCc1cccc(C#CCCO)c1. The van der Waals surface area contributed by atoms with Crippen molar-refractivity contribution in [2.75, 3.05) is 6.61 Å². The lowest BCUT2D eigenvalue weighted by Crippen LogP contribution is -1.97. The average Bonchev–Trinajstić information content (AvgIpc) is 2.47. The van der Waals surface area contributed by atoms with Crippen LogP contribution in [0.1, 0.15) is 23.1 Å². The van der Waals surface area contributed by atoms with Crippen molar-refractivity contribution in [2.45, 2.75) is 20.0 Å². The molecule has 2 aromatic carbocycles. The van der Waals surface area contributed by atoms with Crippen LogP contribution in [0.4, 0.5) is 4.39 Å². The molecule has 1 N–H and O–H groups in total. The van der Waals surface area contributed by atoms with Crippen LogP contribution in [0.15, 0.2) is 42.5 Å². The Balaban J connectivity index is 2.03. The van der Waals surface area contributed by atoms with Crippen molar-refractivity contribution in [3.63, 3.8) is 0 Å². The van der Waals surface area contributed by atoms with Gasteiger partial charge >= 0.3 is 0 Å². The van der Waals surface area contributed by atoms with Crippen LogP contribution in [0.2, 0.25) is 0 Å². The van der Waals surface area contributed by atoms with Crippen LogP contribution in [-0.2, 0) is 6.61 Å². The number of halogens is 1. The largest absolute Gasteiger partial charge is 0.489 e. The summed E-state index contributed by atoms with van der Waals surface area (Å²) < 4.78 is 18.7. The summed E-state index contributed by atoms with van der Waals surface area (Å²) in [6.45, 7) is 2.29. The van der Waals surface area contributed by atoms with Crippen molar-refractivity contribution in [2.24, 2.45) is 0 Å². The Morgan fingerprint density at radius 2 is 2.05 bits per heavy atom. The molecule has 0 atom stereocenters. The van der Waals surface area contributed by atoms with Gasteiger partial charge in [-0.25, -0.2) is 4.39 Å². The van der Waals surface area contributed by atoms with Crippen LogP contribution in [0.25, 0.3) is 0 Å². The number of rotatable bonds is 4. The lowest BCUT2D eigenvalue weighted by Gasteiger charge is -2.09. The van der Waals surface area contributed by atoms with E-state index in [0.717, 1.165) is 16.7 Å². The van der Waals surface area contributed by atoms with Crippen LogP contribution in [-0.4, -0.2) is 11.7 Å². The van der Waals surface area contributed by atoms with Crippen LogP contribution in [0.5, 0.6) is 5.75 Å². The minimum atomic E-state index is -0.263. The van der Waals surface area contributed by atoms with Gasteiger partial charge in [0.05, 0.1) is 6.61 Å². The molecule has 0 unspecified atom stereocenters. The minimum absolute atomic E-state index is 0.0691. The molecule has 0 amide bonds. The standard InChI is InChI=1S/C18H17FO2/c1-14-11-17(19)8-9-18(14)21-13-16-7-4-6-15(12-16)5-2-3-10-20/h4,6-9,11-12,20H,3,10,13H2,1H3. The van der Waals surface area contributed by atoms with Gasteiger partial charge in [-0.05, 0) is 48.4 Å². The lowest BCUT2D eigenvalue weighted by molar-refractivity contribution is 0.303. The summed E-state index contributed by atoms with van der Waals surface area (Å²) in [6.07, 6.45) is 0.468. The summed E-state index contributed by atoms with van der Waals surface area (Å²) in [5, 5.41) is 8.71. The molecule has 21 heavy (non-hydrogen) atoms. The summed E-state index contributed by atoms with van der Waals surface area (Å²) in [4.78, 5) is 0. The van der Waals surface area contributed by atoms with Gasteiger partial charge in [0.15, 0.2) is 0 Å². The second kappa shape index (κ2) is 7.47. The Morgan fingerprint density at radius 3 is 2.81 bits per heavy atom. The highest BCUT2D eigenvalue weighted by atomic mass is 19.1. The third-order valence-electron chi connectivity index (χ3n) is 2.93. The third kappa shape index (κ3) is 4.62. The maximum Gasteiger partial charge on any atom is 0.123 e. The van der Waals surface area contributed by atoms with Crippen molar-refractivity contribution in [1.82, 2.24) is 0 Å². The second-order valence-corrected chi connectivity index (χ2v) is 4.67. The molecule has 0 saturated carbocycles. The van der Waals surface area contributed by atoms with E-state index in [1.54, 1.807) is 6.07 Å². The fourth-order valence-electron chi connectivity index (χ4n) is 1.90. The first kappa shape index (κ1) is 15.1. The van der Waals surface area contributed by atoms with E-state index in [1.807, 2.05) is 31.2 Å². The Kier molecular flexibility index (Phi) is 5.36. The molecule has 0 aromatic heterocycles. The highest BCUT2D eigenvalue weighted by Crippen LogP contribution is 2.19. The number of aliphatic hydroxyl groups is 1. The second-order valence-electron chi connectivity index (χ2n) is 4.67. The van der Waals surface area contributed by atoms with Crippen molar-refractivity contribution in [3.8, 4) is 17.6 Å². The predicted molar refractivity (Wildman–Crippen MR) is 80.5 cm³/mol. The van der Waals surface area contributed by atoms with Gasteiger partial charge < -0.3 is 9.84 Å². The van der Waals surface area contributed by atoms with Crippen molar-refractivity contribution < 1.29 is 14.2 Å². The summed E-state index contributed by atoms with van der Waals surface area (Å²) >= 11 is 0. The highest BCUT2D eigenvalue weighted by Gasteiger charge is 2.02. The molecule has 3 heteroatoms. The number of aliphatic hydroxyl groups excluding tert-OH is 1. The zero-order valence-electron chi connectivity index (χ0n) is 11.9. The predicted octanol–water partition coefficient (Wildman–Crippen LogP) is 3.45. The van der Waals surface area contributed by atoms with E-state index in [2.05, 4.69) is 11.8 Å². The molecule has 2 nitrogen and oxygen atoms in total. The monoisotopic (exact) mass is 284 g/mol. The molecule has 0 radical (unpaired) electrons. The molecular formula is C18H17FO2. The Morgan fingerprint density at radius 1 is 1.19 bits per heavy atom. The van der Waals surface area contributed by atoms with Gasteiger partial charge in [-0.3, -0.25) is 0 Å². The zero-order valence-corrected chi connectivity index (χ0v) is 11.9. The summed E-state index contributed by atoms with van der Waals surface area (Å²) in [5.74, 6) is 6.28.